The molecule has 0 spiro atoms. The van der Waals surface area contributed by atoms with Crippen molar-refractivity contribution >= 4 is 23.1 Å². The summed E-state index contributed by atoms with van der Waals surface area (Å²) in [5.41, 5.74) is 5.32. The minimum absolute atomic E-state index is 0.0606. The lowest BCUT2D eigenvalue weighted by Gasteiger charge is -2.37. The monoisotopic (exact) mass is 312 g/mol. The highest BCUT2D eigenvalue weighted by molar-refractivity contribution is 7.80. The van der Waals surface area contributed by atoms with E-state index >= 15 is 0 Å². The molecule has 1 rings (SSSR count). The number of amides is 1. The van der Waals surface area contributed by atoms with Crippen molar-refractivity contribution in [2.75, 3.05) is 0 Å². The molecule has 21 heavy (non-hydrogen) atoms. The number of carbonyl (C=O) groups excluding carboxylic acids is 1. The van der Waals surface area contributed by atoms with E-state index in [-0.39, 0.29) is 11.9 Å². The molecule has 0 aliphatic heterocycles. The van der Waals surface area contributed by atoms with E-state index in [9.17, 15) is 4.79 Å². The number of rotatable bonds is 7. The number of nitrogens with two attached hydrogens (primary N) is 1. The van der Waals surface area contributed by atoms with Gasteiger partial charge in [-0.1, -0.05) is 52.8 Å². The molecule has 4 heteroatoms. The summed E-state index contributed by atoms with van der Waals surface area (Å²) in [5.74, 6) is 1.48. The summed E-state index contributed by atoms with van der Waals surface area (Å²) in [5, 5.41) is 3.26. The average Bonchev–Trinajstić information content (AvgIpc) is 2.42. The second kappa shape index (κ2) is 8.11. The predicted octanol–water partition coefficient (Wildman–Crippen LogP) is 3.80. The van der Waals surface area contributed by atoms with Gasteiger partial charge in [0.05, 0.1) is 10.4 Å². The molecule has 0 heterocycles. The fourth-order valence-electron chi connectivity index (χ4n) is 3.57. The molecule has 3 atom stereocenters. The largest absolute Gasteiger partial charge is 0.392 e. The van der Waals surface area contributed by atoms with Crippen LogP contribution in [0.15, 0.2) is 0 Å². The molecule has 1 fully saturated rings. The van der Waals surface area contributed by atoms with Crippen molar-refractivity contribution in [3.8, 4) is 0 Å². The maximum atomic E-state index is 12.9. The van der Waals surface area contributed by atoms with Gasteiger partial charge >= 0.3 is 0 Å². The van der Waals surface area contributed by atoms with E-state index in [2.05, 4.69) is 33.0 Å². The number of nitrogens with one attached hydrogen (secondary N) is 1. The molecule has 0 radical (unpaired) electrons. The molecule has 1 amide bonds. The van der Waals surface area contributed by atoms with Crippen molar-refractivity contribution in [1.82, 2.24) is 5.32 Å². The normalized spacial score (nSPS) is 26.4. The average molecular weight is 313 g/mol. The Bertz CT molecular complexity index is 364. The van der Waals surface area contributed by atoms with E-state index in [1.165, 1.54) is 6.42 Å². The van der Waals surface area contributed by atoms with E-state index in [0.29, 0.717) is 10.9 Å². The Balaban J connectivity index is 2.79. The van der Waals surface area contributed by atoms with Gasteiger partial charge in [-0.05, 0) is 43.9 Å². The van der Waals surface area contributed by atoms with Gasteiger partial charge in [0.15, 0.2) is 0 Å². The molecule has 0 bridgehead atoms. The van der Waals surface area contributed by atoms with Gasteiger partial charge in [0, 0.05) is 6.04 Å². The summed E-state index contributed by atoms with van der Waals surface area (Å²) in [4.78, 5) is 13.2. The summed E-state index contributed by atoms with van der Waals surface area (Å²) in [7, 11) is 0. The maximum Gasteiger partial charge on any atom is 0.233 e. The molecule has 1 aliphatic rings. The third kappa shape index (κ3) is 4.41. The molecule has 3 nitrogen and oxygen atoms in total. The third-order valence-electron chi connectivity index (χ3n) is 5.19. The first-order valence-corrected chi connectivity index (χ1v) is 8.89. The van der Waals surface area contributed by atoms with Crippen LogP contribution >= 0.6 is 12.2 Å². The molecule has 3 unspecified atom stereocenters. The fraction of sp³-hybridized carbons (Fsp3) is 0.882. The second-order valence-corrected chi connectivity index (χ2v) is 7.32. The van der Waals surface area contributed by atoms with Gasteiger partial charge < -0.3 is 11.1 Å². The summed E-state index contributed by atoms with van der Waals surface area (Å²) in [6, 6.07) is 0.283. The Hall–Kier alpha value is -0.640. The predicted molar refractivity (Wildman–Crippen MR) is 93.1 cm³/mol. The quantitative estimate of drug-likeness (QED) is 0.703. The van der Waals surface area contributed by atoms with Crippen molar-refractivity contribution in [2.24, 2.45) is 23.0 Å². The number of hydrogen-bond acceptors (Lipinski definition) is 2. The summed E-state index contributed by atoms with van der Waals surface area (Å²) in [6.45, 7) is 8.75. The molecular formula is C17H32N2OS. The fourth-order valence-corrected chi connectivity index (χ4v) is 3.86. The smallest absolute Gasteiger partial charge is 0.233 e. The van der Waals surface area contributed by atoms with Gasteiger partial charge in [0.2, 0.25) is 5.91 Å². The van der Waals surface area contributed by atoms with Crippen molar-refractivity contribution in [3.05, 3.63) is 0 Å². The highest BCUT2D eigenvalue weighted by atomic mass is 32.1. The maximum absolute atomic E-state index is 12.9. The molecule has 3 N–H and O–H groups in total. The summed E-state index contributed by atoms with van der Waals surface area (Å²) >= 11 is 5.26. The van der Waals surface area contributed by atoms with Crippen LogP contribution in [0.2, 0.25) is 0 Å². The molecule has 1 saturated carbocycles. The minimum atomic E-state index is -0.648. The van der Waals surface area contributed by atoms with Gasteiger partial charge in [0.1, 0.15) is 0 Å². The first kappa shape index (κ1) is 18.4. The standard InChI is InChI=1S/C17H32N2OS/c1-5-9-17(10-6-2,15(18)21)16(20)19-14-8-7-12(3)13(4)11-14/h12-14H,5-11H2,1-4H3,(H2,18,21)(H,19,20). The Morgan fingerprint density at radius 3 is 2.19 bits per heavy atom. The molecule has 0 aromatic carbocycles. The van der Waals surface area contributed by atoms with Crippen molar-refractivity contribution < 1.29 is 4.79 Å². The van der Waals surface area contributed by atoms with Crippen LogP contribution in [0.4, 0.5) is 0 Å². The van der Waals surface area contributed by atoms with Crippen LogP contribution in [0.25, 0.3) is 0 Å². The molecule has 0 saturated heterocycles. The molecule has 122 valence electrons. The second-order valence-electron chi connectivity index (χ2n) is 6.88. The Morgan fingerprint density at radius 2 is 1.76 bits per heavy atom. The highest BCUT2D eigenvalue weighted by Crippen LogP contribution is 2.33. The van der Waals surface area contributed by atoms with Crippen LogP contribution in [-0.4, -0.2) is 16.9 Å². The van der Waals surface area contributed by atoms with E-state index in [4.69, 9.17) is 18.0 Å². The van der Waals surface area contributed by atoms with Crippen LogP contribution in [0.5, 0.6) is 0 Å². The van der Waals surface area contributed by atoms with Crippen LogP contribution in [0.1, 0.15) is 72.6 Å². The highest BCUT2D eigenvalue weighted by Gasteiger charge is 2.41. The van der Waals surface area contributed by atoms with Crippen molar-refractivity contribution in [2.45, 2.75) is 78.7 Å². The van der Waals surface area contributed by atoms with Crippen LogP contribution < -0.4 is 11.1 Å². The van der Waals surface area contributed by atoms with Crippen LogP contribution in [0, 0.1) is 17.3 Å². The van der Waals surface area contributed by atoms with Gasteiger partial charge in [-0.25, -0.2) is 0 Å². The number of hydrogen-bond donors (Lipinski definition) is 2. The van der Waals surface area contributed by atoms with Gasteiger partial charge in [-0.3, -0.25) is 4.79 Å². The van der Waals surface area contributed by atoms with E-state index in [1.54, 1.807) is 0 Å². The SMILES string of the molecule is CCCC(CCC)(C(=O)NC1CCC(C)C(C)C1)C(N)=S. The lowest BCUT2D eigenvalue weighted by Crippen LogP contribution is -2.52. The van der Waals surface area contributed by atoms with E-state index < -0.39 is 5.41 Å². The molecule has 0 aromatic heterocycles. The van der Waals surface area contributed by atoms with Crippen molar-refractivity contribution in [3.63, 3.8) is 0 Å². The molecule has 0 aromatic rings. The number of thiocarbonyl (C=S) groups is 1. The first-order valence-electron chi connectivity index (χ1n) is 8.48. The van der Waals surface area contributed by atoms with Gasteiger partial charge in [-0.2, -0.15) is 0 Å². The zero-order chi connectivity index (χ0) is 16.0. The minimum Gasteiger partial charge on any atom is -0.392 e. The zero-order valence-electron chi connectivity index (χ0n) is 14.1. The topological polar surface area (TPSA) is 55.1 Å². The molecule has 1 aliphatic carbocycles. The summed E-state index contributed by atoms with van der Waals surface area (Å²) < 4.78 is 0. The van der Waals surface area contributed by atoms with Crippen LogP contribution in [0.3, 0.4) is 0 Å². The van der Waals surface area contributed by atoms with E-state index in [0.717, 1.165) is 44.4 Å². The number of carbonyl (C=O) groups is 1. The first-order chi connectivity index (χ1) is 9.87. The summed E-state index contributed by atoms with van der Waals surface area (Å²) in [6.07, 6.45) is 6.67. The Morgan fingerprint density at radius 1 is 1.19 bits per heavy atom. The molecular weight excluding hydrogens is 280 g/mol. The van der Waals surface area contributed by atoms with Crippen LogP contribution in [-0.2, 0) is 4.79 Å². The lowest BCUT2D eigenvalue weighted by molar-refractivity contribution is -0.129. The van der Waals surface area contributed by atoms with E-state index in [1.807, 2.05) is 0 Å². The zero-order valence-corrected chi connectivity index (χ0v) is 14.9. The Kier molecular flexibility index (Phi) is 7.11. The van der Waals surface area contributed by atoms with Gasteiger partial charge in [0.25, 0.3) is 0 Å². The van der Waals surface area contributed by atoms with Crippen molar-refractivity contribution in [1.29, 1.82) is 0 Å². The third-order valence-corrected chi connectivity index (χ3v) is 5.58. The van der Waals surface area contributed by atoms with Gasteiger partial charge in [-0.15, -0.1) is 0 Å². The Labute approximate surface area is 135 Å². The lowest BCUT2D eigenvalue weighted by atomic mass is 9.76.